The number of aliphatic carboxylic acids is 1. The summed E-state index contributed by atoms with van der Waals surface area (Å²) >= 11 is 6.01. The molecule has 0 bridgehead atoms. The van der Waals surface area contributed by atoms with Gasteiger partial charge in [-0.25, -0.2) is 17.2 Å². The number of rotatable bonds is 10. The Kier molecular flexibility index (Phi) is 11.6. The number of sulfonamides is 1. The number of nitrogens with zero attached hydrogens (tertiary/aromatic N) is 3. The van der Waals surface area contributed by atoms with Gasteiger partial charge in [0.15, 0.2) is 4.90 Å². The molecule has 240 valence electrons. The fourth-order valence-corrected chi connectivity index (χ4v) is 5.62. The number of carbonyl (C=O) groups is 1. The molecule has 0 saturated heterocycles. The molecule has 0 spiro atoms. The maximum atomic E-state index is 13.6. The number of carboxylic acid groups (broad SMARTS) is 1. The van der Waals surface area contributed by atoms with Crippen molar-refractivity contribution < 1.29 is 54.9 Å². The van der Waals surface area contributed by atoms with Gasteiger partial charge in [-0.3, -0.25) is 13.8 Å². The molecule has 0 amide bonds. The molecule has 0 atom stereocenters. The molecule has 17 heteroatoms. The van der Waals surface area contributed by atoms with Crippen molar-refractivity contribution in [3.63, 3.8) is 0 Å². The maximum absolute atomic E-state index is 13.6. The van der Waals surface area contributed by atoms with Crippen LogP contribution in [0.3, 0.4) is 0 Å². The molecule has 10 nitrogen and oxygen atoms in total. The van der Waals surface area contributed by atoms with E-state index in [9.17, 15) is 35.2 Å². The second kappa shape index (κ2) is 14.7. The van der Waals surface area contributed by atoms with E-state index in [1.54, 1.807) is 6.92 Å². The number of anilines is 1. The fourth-order valence-electron chi connectivity index (χ4n) is 3.86. The quantitative estimate of drug-likeness (QED) is 0.216. The molecule has 2 aromatic carbocycles. The molecule has 1 aromatic heterocycles. The van der Waals surface area contributed by atoms with Crippen molar-refractivity contribution in [3.05, 3.63) is 64.3 Å². The van der Waals surface area contributed by atoms with Gasteiger partial charge in [0.2, 0.25) is 0 Å². The largest absolute Gasteiger partial charge is 0.489 e. The SMILES string of the molecule is CCC(=O)O.O=S(=O)(c1cn(CC(F)F)nc1OCCO)N1CCOc2ccc(/C=C/c3c(Cl)cccc3C(F)(F)F)cc21. The molecule has 3 aromatic rings. The van der Waals surface area contributed by atoms with Gasteiger partial charge in [0.05, 0.1) is 24.4 Å². The number of fused-ring (bicyclic) bond motifs is 1. The smallest absolute Gasteiger partial charge is 0.417 e. The van der Waals surface area contributed by atoms with Gasteiger partial charge in [-0.05, 0) is 29.8 Å². The Morgan fingerprint density at radius 1 is 1.23 bits per heavy atom. The van der Waals surface area contributed by atoms with Gasteiger partial charge < -0.3 is 19.7 Å². The van der Waals surface area contributed by atoms with Crippen molar-refractivity contribution in [2.45, 2.75) is 37.4 Å². The Morgan fingerprint density at radius 2 is 1.93 bits per heavy atom. The third-order valence-corrected chi connectivity index (χ3v) is 7.95. The summed E-state index contributed by atoms with van der Waals surface area (Å²) < 4.78 is 106. The van der Waals surface area contributed by atoms with Crippen LogP contribution in [-0.4, -0.2) is 67.2 Å². The lowest BCUT2D eigenvalue weighted by Gasteiger charge is -2.30. The van der Waals surface area contributed by atoms with E-state index in [4.69, 9.17) is 31.3 Å². The highest BCUT2D eigenvalue weighted by atomic mass is 35.5. The molecule has 2 heterocycles. The van der Waals surface area contributed by atoms with E-state index in [0.29, 0.717) is 5.56 Å². The van der Waals surface area contributed by atoms with E-state index >= 15 is 0 Å². The van der Waals surface area contributed by atoms with Crippen LogP contribution < -0.4 is 13.8 Å². The number of aromatic nitrogens is 2. The summed E-state index contributed by atoms with van der Waals surface area (Å²) in [4.78, 5) is 8.86. The third-order valence-electron chi connectivity index (χ3n) is 5.83. The normalized spacial score (nSPS) is 13.3. The van der Waals surface area contributed by atoms with Crippen LogP contribution in [0.2, 0.25) is 5.02 Å². The van der Waals surface area contributed by atoms with Crippen LogP contribution in [0.5, 0.6) is 11.6 Å². The van der Waals surface area contributed by atoms with Crippen LogP contribution in [0.25, 0.3) is 12.2 Å². The highest BCUT2D eigenvalue weighted by Crippen LogP contribution is 2.39. The average Bonchev–Trinajstić information content (AvgIpc) is 3.37. The molecule has 44 heavy (non-hydrogen) atoms. The minimum absolute atomic E-state index is 0.0337. The fraction of sp³-hybridized carbons (Fsp3) is 0.333. The number of alkyl halides is 5. The zero-order chi connectivity index (χ0) is 32.7. The monoisotopic (exact) mass is 667 g/mol. The lowest BCUT2D eigenvalue weighted by molar-refractivity contribution is -0.138. The number of hydrogen-bond donors (Lipinski definition) is 2. The van der Waals surface area contributed by atoms with Gasteiger partial charge in [-0.2, -0.15) is 13.2 Å². The van der Waals surface area contributed by atoms with Crippen LogP contribution in [0.15, 0.2) is 47.5 Å². The molecule has 4 rings (SSSR count). The molecule has 0 radical (unpaired) electrons. The number of halogens is 6. The Labute approximate surface area is 253 Å². The minimum atomic E-state index is -4.65. The van der Waals surface area contributed by atoms with E-state index in [1.807, 2.05) is 0 Å². The summed E-state index contributed by atoms with van der Waals surface area (Å²) in [6, 6.07) is 7.76. The van der Waals surface area contributed by atoms with Crippen molar-refractivity contribution in [1.29, 1.82) is 0 Å². The summed E-state index contributed by atoms with van der Waals surface area (Å²) in [6.07, 6.45) is -3.83. The summed E-state index contributed by atoms with van der Waals surface area (Å²) in [5, 5.41) is 20.4. The summed E-state index contributed by atoms with van der Waals surface area (Å²) in [7, 11) is -4.44. The Bertz CT molecular complexity index is 1600. The van der Waals surface area contributed by atoms with Gasteiger partial charge >= 0.3 is 12.1 Å². The first kappa shape index (κ1) is 34.6. The Hall–Kier alpha value is -3.89. The van der Waals surface area contributed by atoms with E-state index in [-0.39, 0.29) is 48.2 Å². The molecule has 0 unspecified atom stereocenters. The molecule has 0 saturated carbocycles. The van der Waals surface area contributed by atoms with Crippen molar-refractivity contribution in [1.82, 2.24) is 9.78 Å². The topological polar surface area (TPSA) is 131 Å². The number of ether oxygens (including phenoxy) is 2. The first-order valence-corrected chi connectivity index (χ1v) is 14.6. The molecular weight excluding hydrogens is 641 g/mol. The molecule has 0 fully saturated rings. The predicted octanol–water partition coefficient (Wildman–Crippen LogP) is 5.43. The van der Waals surface area contributed by atoms with Crippen molar-refractivity contribution in [3.8, 4) is 11.6 Å². The molecule has 0 aliphatic carbocycles. The molecule has 2 N–H and O–H groups in total. The van der Waals surface area contributed by atoms with Crippen LogP contribution in [0, 0.1) is 0 Å². The van der Waals surface area contributed by atoms with Crippen LogP contribution >= 0.6 is 11.6 Å². The second-order valence-electron chi connectivity index (χ2n) is 8.92. The Morgan fingerprint density at radius 3 is 2.55 bits per heavy atom. The second-order valence-corrected chi connectivity index (χ2v) is 11.2. The summed E-state index contributed by atoms with van der Waals surface area (Å²) in [6.45, 7) is -0.286. The molecule has 1 aliphatic heterocycles. The lowest BCUT2D eigenvalue weighted by Crippen LogP contribution is -2.38. The van der Waals surface area contributed by atoms with Crippen molar-refractivity contribution >= 4 is 45.4 Å². The number of aliphatic hydroxyl groups is 1. The van der Waals surface area contributed by atoms with Gasteiger partial charge in [0.1, 0.15) is 25.5 Å². The number of carboxylic acids is 1. The van der Waals surface area contributed by atoms with Gasteiger partial charge in [-0.1, -0.05) is 42.8 Å². The van der Waals surface area contributed by atoms with Crippen molar-refractivity contribution in [2.75, 3.05) is 30.7 Å². The van der Waals surface area contributed by atoms with Crippen LogP contribution in [0.1, 0.15) is 30.0 Å². The first-order valence-electron chi connectivity index (χ1n) is 12.8. The van der Waals surface area contributed by atoms with Crippen LogP contribution in [0.4, 0.5) is 27.6 Å². The van der Waals surface area contributed by atoms with Gasteiger partial charge in [-0.15, -0.1) is 5.10 Å². The zero-order valence-electron chi connectivity index (χ0n) is 23.0. The van der Waals surface area contributed by atoms with E-state index < -0.39 is 58.1 Å². The summed E-state index contributed by atoms with van der Waals surface area (Å²) in [5.74, 6) is -1.04. The van der Waals surface area contributed by atoms with Gasteiger partial charge in [0, 0.05) is 23.2 Å². The molecule has 1 aliphatic rings. The van der Waals surface area contributed by atoms with E-state index in [1.165, 1.54) is 42.5 Å². The average molecular weight is 668 g/mol. The highest BCUT2D eigenvalue weighted by Gasteiger charge is 2.35. The first-order chi connectivity index (χ1) is 20.7. The van der Waals surface area contributed by atoms with Gasteiger partial charge in [0.25, 0.3) is 22.3 Å². The summed E-state index contributed by atoms with van der Waals surface area (Å²) in [5.41, 5.74) is -0.804. The predicted molar refractivity (Wildman–Crippen MR) is 151 cm³/mol. The van der Waals surface area contributed by atoms with E-state index in [0.717, 1.165) is 21.3 Å². The lowest BCUT2D eigenvalue weighted by atomic mass is 10.0. The minimum Gasteiger partial charge on any atom is -0.489 e. The number of hydrogen-bond acceptors (Lipinski definition) is 7. The van der Waals surface area contributed by atoms with Crippen LogP contribution in [-0.2, 0) is 27.5 Å². The van der Waals surface area contributed by atoms with Crippen molar-refractivity contribution in [2.24, 2.45) is 0 Å². The number of benzene rings is 2. The standard InChI is InChI=1S/C24H21ClF5N3O5S.C3H6O2/c25-18-3-1-2-17(24(28,29)30)16(18)6-4-15-5-7-20-19(12-15)33(8-10-37-20)39(35,36)21-13-32(14-22(26)27)31-23(21)38-11-9-34;1-2-3(4)5/h1-7,12-13,22,34H,8-11,14H2;2H2,1H3,(H,4,5)/b6-4+;. The molecular formula is C27H27ClF5N3O7S. The zero-order valence-corrected chi connectivity index (χ0v) is 24.5. The highest BCUT2D eigenvalue weighted by molar-refractivity contribution is 7.93. The number of aliphatic hydroxyl groups excluding tert-OH is 1. The Balaban J connectivity index is 0.000000978. The third kappa shape index (κ3) is 8.60. The maximum Gasteiger partial charge on any atom is 0.417 e. The van der Waals surface area contributed by atoms with E-state index in [2.05, 4.69) is 5.10 Å².